The van der Waals surface area contributed by atoms with E-state index in [1.165, 1.54) is 5.56 Å². The van der Waals surface area contributed by atoms with Crippen molar-refractivity contribution >= 4 is 48.0 Å². The van der Waals surface area contributed by atoms with Crippen LogP contribution in [-0.2, 0) is 4.79 Å². The lowest BCUT2D eigenvalue weighted by Gasteiger charge is -2.37. The van der Waals surface area contributed by atoms with Gasteiger partial charge in [-0.2, -0.15) is 0 Å². The topological polar surface area (TPSA) is 55.8 Å². The van der Waals surface area contributed by atoms with Crippen molar-refractivity contribution in [1.82, 2.24) is 10.2 Å². The molecule has 1 aromatic rings. The van der Waals surface area contributed by atoms with E-state index >= 15 is 0 Å². The van der Waals surface area contributed by atoms with E-state index in [1.54, 1.807) is 0 Å². The highest BCUT2D eigenvalue weighted by atomic mass is 35.5. The molecule has 5 nitrogen and oxygen atoms in total. The van der Waals surface area contributed by atoms with Crippen LogP contribution in [0.4, 0.5) is 5.69 Å². The first-order valence-electron chi connectivity index (χ1n) is 7.76. The number of rotatable bonds is 2. The molecule has 24 heavy (non-hydrogen) atoms. The molecule has 0 aliphatic carbocycles. The summed E-state index contributed by atoms with van der Waals surface area (Å²) in [5.41, 5.74) is 2.35. The second-order valence-electron chi connectivity index (χ2n) is 6.09. The summed E-state index contributed by atoms with van der Waals surface area (Å²) in [7, 11) is 0. The number of aliphatic hydroxyl groups excluding tert-OH is 1. The van der Waals surface area contributed by atoms with Crippen LogP contribution in [0.1, 0.15) is 12.0 Å². The summed E-state index contributed by atoms with van der Waals surface area (Å²) in [6, 6.07) is 5.69. The molecule has 2 aliphatic rings. The number of hydrogen-bond acceptors (Lipinski definition) is 4. The summed E-state index contributed by atoms with van der Waals surface area (Å²) < 4.78 is 0. The van der Waals surface area contributed by atoms with Crippen LogP contribution >= 0.6 is 36.4 Å². The van der Waals surface area contributed by atoms with Gasteiger partial charge >= 0.3 is 0 Å². The van der Waals surface area contributed by atoms with Crippen molar-refractivity contribution in [2.45, 2.75) is 25.5 Å². The largest absolute Gasteiger partial charge is 0.392 e. The van der Waals surface area contributed by atoms with Crippen LogP contribution in [-0.4, -0.2) is 60.8 Å². The van der Waals surface area contributed by atoms with E-state index in [0.29, 0.717) is 26.1 Å². The number of carbonyl (C=O) groups excluding carboxylic acids is 1. The number of β-amino-alcohol motifs (C(OH)–C–C–N with tert-alkyl or cyclic N) is 1. The third-order valence-electron chi connectivity index (χ3n) is 4.51. The molecule has 2 atom stereocenters. The Morgan fingerprint density at radius 2 is 1.92 bits per heavy atom. The van der Waals surface area contributed by atoms with Crippen LogP contribution in [0.25, 0.3) is 0 Å². The number of carbonyl (C=O) groups is 1. The number of amides is 1. The van der Waals surface area contributed by atoms with Crippen molar-refractivity contribution in [3.8, 4) is 0 Å². The van der Waals surface area contributed by atoms with Gasteiger partial charge in [0.05, 0.1) is 12.1 Å². The summed E-state index contributed by atoms with van der Waals surface area (Å²) in [5.74, 6) is 0.110. The fourth-order valence-electron chi connectivity index (χ4n) is 3.22. The summed E-state index contributed by atoms with van der Waals surface area (Å²) in [4.78, 5) is 16.6. The van der Waals surface area contributed by atoms with Crippen LogP contribution in [0, 0.1) is 6.92 Å². The predicted molar refractivity (Wildman–Crippen MR) is 102 cm³/mol. The molecule has 0 saturated carbocycles. The first-order valence-corrected chi connectivity index (χ1v) is 8.14. The standard InChI is InChI=1S/C16H22ClN3O2.2ClH/c1-11-2-3-12(17)8-15(11)19-4-6-20(7-5-19)16(22)14-9-13(21)10-18-14;;/h2-3,8,13-14,18,21H,4-7,9-10H2,1H3;2*1H. The zero-order valence-corrected chi connectivity index (χ0v) is 16.0. The quantitative estimate of drug-likeness (QED) is 0.801. The Bertz CT molecular complexity index is 565. The minimum atomic E-state index is -0.399. The molecular formula is C16H24Cl3N3O2. The predicted octanol–water partition coefficient (Wildman–Crippen LogP) is 1.86. The number of halogens is 3. The minimum absolute atomic E-state index is 0. The van der Waals surface area contributed by atoms with Crippen LogP contribution in [0.15, 0.2) is 18.2 Å². The van der Waals surface area contributed by atoms with E-state index < -0.39 is 6.10 Å². The van der Waals surface area contributed by atoms with E-state index in [0.717, 1.165) is 23.8 Å². The van der Waals surface area contributed by atoms with Crippen molar-refractivity contribution < 1.29 is 9.90 Å². The minimum Gasteiger partial charge on any atom is -0.392 e. The number of piperazine rings is 1. The van der Waals surface area contributed by atoms with Gasteiger partial charge in [-0.05, 0) is 31.0 Å². The number of aliphatic hydroxyl groups is 1. The maximum absolute atomic E-state index is 12.4. The molecule has 2 aliphatic heterocycles. The third-order valence-corrected chi connectivity index (χ3v) is 4.74. The monoisotopic (exact) mass is 395 g/mol. The van der Waals surface area contributed by atoms with Crippen molar-refractivity contribution in [3.05, 3.63) is 28.8 Å². The maximum Gasteiger partial charge on any atom is 0.239 e. The lowest BCUT2D eigenvalue weighted by Crippen LogP contribution is -2.53. The molecule has 0 aromatic heterocycles. The van der Waals surface area contributed by atoms with Gasteiger partial charge in [-0.3, -0.25) is 4.79 Å². The molecule has 0 spiro atoms. The second-order valence-corrected chi connectivity index (χ2v) is 6.53. The zero-order valence-electron chi connectivity index (χ0n) is 13.6. The lowest BCUT2D eigenvalue weighted by atomic mass is 10.1. The van der Waals surface area contributed by atoms with Crippen LogP contribution < -0.4 is 10.2 Å². The number of benzene rings is 1. The van der Waals surface area contributed by atoms with E-state index in [1.807, 2.05) is 23.1 Å². The van der Waals surface area contributed by atoms with Crippen molar-refractivity contribution in [3.63, 3.8) is 0 Å². The average molecular weight is 397 g/mol. The SMILES string of the molecule is Cc1ccc(Cl)cc1N1CCN(C(=O)C2CC(O)CN2)CC1.Cl.Cl. The number of nitrogens with one attached hydrogen (secondary N) is 1. The molecule has 2 unspecified atom stereocenters. The van der Waals surface area contributed by atoms with E-state index in [-0.39, 0.29) is 36.8 Å². The first-order chi connectivity index (χ1) is 10.5. The van der Waals surface area contributed by atoms with Crippen molar-refractivity contribution in [2.24, 2.45) is 0 Å². The van der Waals surface area contributed by atoms with Crippen molar-refractivity contribution in [1.29, 1.82) is 0 Å². The molecule has 2 heterocycles. The smallest absolute Gasteiger partial charge is 0.239 e. The van der Waals surface area contributed by atoms with Crippen LogP contribution in [0.2, 0.25) is 5.02 Å². The molecular weight excluding hydrogens is 373 g/mol. The lowest BCUT2D eigenvalue weighted by molar-refractivity contribution is -0.133. The Balaban J connectivity index is 0.00000144. The van der Waals surface area contributed by atoms with Crippen molar-refractivity contribution in [2.75, 3.05) is 37.6 Å². The summed E-state index contributed by atoms with van der Waals surface area (Å²) in [5, 5.41) is 13.4. The summed E-state index contributed by atoms with van der Waals surface area (Å²) in [6.45, 7) is 5.62. The normalized spacial score (nSPS) is 23.5. The highest BCUT2D eigenvalue weighted by molar-refractivity contribution is 6.30. The fourth-order valence-corrected chi connectivity index (χ4v) is 3.38. The molecule has 1 amide bonds. The van der Waals surface area contributed by atoms with E-state index in [9.17, 15) is 9.90 Å². The van der Waals surface area contributed by atoms with Gasteiger partial charge in [0.25, 0.3) is 0 Å². The van der Waals surface area contributed by atoms with Gasteiger partial charge in [-0.1, -0.05) is 17.7 Å². The van der Waals surface area contributed by atoms with Crippen LogP contribution in [0.5, 0.6) is 0 Å². The molecule has 136 valence electrons. The highest BCUT2D eigenvalue weighted by Crippen LogP contribution is 2.25. The van der Waals surface area contributed by atoms with E-state index in [2.05, 4.69) is 17.1 Å². The second kappa shape index (κ2) is 9.11. The maximum atomic E-state index is 12.4. The van der Waals surface area contributed by atoms with Gasteiger partial charge < -0.3 is 20.2 Å². The Labute approximate surface area is 160 Å². The summed E-state index contributed by atoms with van der Waals surface area (Å²) >= 11 is 6.09. The van der Waals surface area contributed by atoms with Gasteiger partial charge in [-0.15, -0.1) is 24.8 Å². The Hall–Kier alpha value is -0.720. The number of anilines is 1. The fraction of sp³-hybridized carbons (Fsp3) is 0.562. The number of nitrogens with zero attached hydrogens (tertiary/aromatic N) is 2. The highest BCUT2D eigenvalue weighted by Gasteiger charge is 2.32. The molecule has 8 heteroatoms. The van der Waals surface area contributed by atoms with Gasteiger partial charge in [0.2, 0.25) is 5.91 Å². The molecule has 0 bridgehead atoms. The number of hydrogen-bond donors (Lipinski definition) is 2. The molecule has 1 aromatic carbocycles. The van der Waals surface area contributed by atoms with E-state index in [4.69, 9.17) is 11.6 Å². The Morgan fingerprint density at radius 3 is 2.50 bits per heavy atom. The van der Waals surface area contributed by atoms with Gasteiger partial charge in [0.15, 0.2) is 0 Å². The Morgan fingerprint density at radius 1 is 1.25 bits per heavy atom. The Kier molecular flexibility index (Phi) is 8.09. The van der Waals surface area contributed by atoms with Gasteiger partial charge in [0, 0.05) is 43.4 Å². The van der Waals surface area contributed by atoms with Gasteiger partial charge in [-0.25, -0.2) is 0 Å². The summed E-state index contributed by atoms with van der Waals surface area (Å²) in [6.07, 6.45) is 0.122. The molecule has 2 fully saturated rings. The molecule has 0 radical (unpaired) electrons. The zero-order chi connectivity index (χ0) is 15.7. The average Bonchev–Trinajstić information content (AvgIpc) is 2.96. The first kappa shape index (κ1) is 21.3. The molecule has 2 saturated heterocycles. The molecule has 3 rings (SSSR count). The third kappa shape index (κ3) is 4.67. The molecule has 2 N–H and O–H groups in total. The van der Waals surface area contributed by atoms with Crippen LogP contribution in [0.3, 0.4) is 0 Å². The number of aryl methyl sites for hydroxylation is 1. The van der Waals surface area contributed by atoms with Gasteiger partial charge in [0.1, 0.15) is 0 Å².